The van der Waals surface area contributed by atoms with Crippen molar-refractivity contribution in [1.29, 1.82) is 0 Å². The Balaban J connectivity index is 2.74. The van der Waals surface area contributed by atoms with E-state index in [-0.39, 0.29) is 6.54 Å². The first-order valence-corrected chi connectivity index (χ1v) is 5.78. The number of hydrogen-bond donors (Lipinski definition) is 0. The second-order valence-corrected chi connectivity index (χ2v) is 5.32. The average Bonchev–Trinajstić information content (AvgIpc) is 2.71. The molecule has 1 unspecified atom stereocenters. The molecule has 0 aromatic carbocycles. The number of carbonyl (C=O) groups is 2. The second kappa shape index (κ2) is 4.99. The van der Waals surface area contributed by atoms with Crippen LogP contribution >= 0.6 is 0 Å². The van der Waals surface area contributed by atoms with E-state index in [0.717, 1.165) is 0 Å². The smallest absolute Gasteiger partial charge is 0.410 e. The summed E-state index contributed by atoms with van der Waals surface area (Å²) >= 11 is 0. The largest absolute Gasteiger partial charge is 0.444 e. The molecule has 1 heterocycles. The summed E-state index contributed by atoms with van der Waals surface area (Å²) in [6.07, 6.45) is 5.06. The first-order valence-electron chi connectivity index (χ1n) is 5.78. The molecule has 5 heteroatoms. The summed E-state index contributed by atoms with van der Waals surface area (Å²) in [5, 5.41) is 0. The van der Waals surface area contributed by atoms with Gasteiger partial charge in [0.25, 0.3) is 0 Å². The molecular weight excluding hydrogens is 234 g/mol. The highest BCUT2D eigenvalue weighted by Gasteiger charge is 2.46. The Morgan fingerprint density at radius 2 is 2.00 bits per heavy atom. The van der Waals surface area contributed by atoms with Crippen LogP contribution in [0.25, 0.3) is 0 Å². The summed E-state index contributed by atoms with van der Waals surface area (Å²) in [5.41, 5.74) is -1.64. The van der Waals surface area contributed by atoms with E-state index in [1.165, 1.54) is 12.0 Å². The van der Waals surface area contributed by atoms with Crippen LogP contribution in [0, 0.1) is 12.3 Å². The van der Waals surface area contributed by atoms with Crippen LogP contribution in [0.1, 0.15) is 27.2 Å². The van der Waals surface area contributed by atoms with Gasteiger partial charge in [0.15, 0.2) is 5.60 Å². The van der Waals surface area contributed by atoms with Crippen molar-refractivity contribution >= 4 is 11.9 Å². The first kappa shape index (κ1) is 14.5. The van der Waals surface area contributed by atoms with E-state index in [1.54, 1.807) is 20.8 Å². The molecule has 0 spiro atoms. The lowest BCUT2D eigenvalue weighted by atomic mass is 9.98. The van der Waals surface area contributed by atoms with Crippen molar-refractivity contribution in [2.24, 2.45) is 0 Å². The van der Waals surface area contributed by atoms with Crippen LogP contribution < -0.4 is 0 Å². The fourth-order valence-corrected chi connectivity index (χ4v) is 1.84. The van der Waals surface area contributed by atoms with Gasteiger partial charge in [0.2, 0.25) is 5.78 Å². The highest BCUT2D eigenvalue weighted by molar-refractivity contribution is 6.02. The summed E-state index contributed by atoms with van der Waals surface area (Å²) in [7, 11) is 1.42. The quantitative estimate of drug-likeness (QED) is 0.548. The highest BCUT2D eigenvalue weighted by atomic mass is 16.6. The molecule has 18 heavy (non-hydrogen) atoms. The lowest BCUT2D eigenvalue weighted by molar-refractivity contribution is -0.133. The number of hydrogen-bond acceptors (Lipinski definition) is 4. The molecule has 0 radical (unpaired) electrons. The third-order valence-corrected chi connectivity index (χ3v) is 2.82. The van der Waals surface area contributed by atoms with E-state index >= 15 is 0 Å². The van der Waals surface area contributed by atoms with Gasteiger partial charge in [-0.25, -0.2) is 4.79 Å². The van der Waals surface area contributed by atoms with Gasteiger partial charge >= 0.3 is 6.09 Å². The molecule has 1 rings (SSSR count). The number of carbonyl (C=O) groups excluding carboxylic acids is 2. The van der Waals surface area contributed by atoms with E-state index in [4.69, 9.17) is 15.9 Å². The Kier molecular flexibility index (Phi) is 4.02. The molecule has 5 nitrogen and oxygen atoms in total. The lowest BCUT2D eigenvalue weighted by Gasteiger charge is -2.26. The fraction of sp³-hybridized carbons (Fsp3) is 0.692. The van der Waals surface area contributed by atoms with Crippen LogP contribution in [-0.4, -0.2) is 48.2 Å². The SMILES string of the molecule is C#CC(=O)C1(OC)CCN(C(=O)OC(C)(C)C)C1. The number of ketones is 1. The van der Waals surface area contributed by atoms with Crippen molar-refractivity contribution in [1.82, 2.24) is 4.90 Å². The number of ether oxygens (including phenoxy) is 2. The van der Waals surface area contributed by atoms with E-state index < -0.39 is 23.1 Å². The van der Waals surface area contributed by atoms with E-state index in [2.05, 4.69) is 5.92 Å². The van der Waals surface area contributed by atoms with E-state index in [9.17, 15) is 9.59 Å². The molecular formula is C13H19NO4. The molecule has 0 aromatic heterocycles. The zero-order valence-corrected chi connectivity index (χ0v) is 11.3. The predicted octanol–water partition coefficient (Wildman–Crippen LogP) is 1.21. The number of nitrogens with zero attached hydrogens (tertiary/aromatic N) is 1. The fourth-order valence-electron chi connectivity index (χ4n) is 1.84. The summed E-state index contributed by atoms with van der Waals surface area (Å²) in [6, 6.07) is 0. The molecule has 0 N–H and O–H groups in total. The van der Waals surface area contributed by atoms with Gasteiger partial charge in [-0.2, -0.15) is 0 Å². The van der Waals surface area contributed by atoms with Crippen LogP contribution in [-0.2, 0) is 14.3 Å². The Labute approximate surface area is 107 Å². The molecule has 1 fully saturated rings. The number of likely N-dealkylation sites (tertiary alicyclic amines) is 1. The molecule has 1 atom stereocenters. The van der Waals surface area contributed by atoms with Gasteiger partial charge in [-0.05, 0) is 26.7 Å². The minimum Gasteiger partial charge on any atom is -0.444 e. The lowest BCUT2D eigenvalue weighted by Crippen LogP contribution is -2.44. The van der Waals surface area contributed by atoms with Crippen LogP contribution in [0.3, 0.4) is 0 Å². The molecule has 0 aromatic rings. The normalized spacial score (nSPS) is 23.6. The molecule has 1 aliphatic heterocycles. The number of terminal acetylenes is 1. The van der Waals surface area contributed by atoms with Gasteiger partial charge < -0.3 is 14.4 Å². The third kappa shape index (κ3) is 3.02. The van der Waals surface area contributed by atoms with Crippen molar-refractivity contribution in [3.8, 4) is 12.3 Å². The van der Waals surface area contributed by atoms with Crippen molar-refractivity contribution in [3.63, 3.8) is 0 Å². The van der Waals surface area contributed by atoms with Crippen molar-refractivity contribution in [3.05, 3.63) is 0 Å². The van der Waals surface area contributed by atoms with E-state index in [1.807, 2.05) is 0 Å². The molecule has 100 valence electrons. The van der Waals surface area contributed by atoms with Crippen LogP contribution in [0.15, 0.2) is 0 Å². The van der Waals surface area contributed by atoms with Gasteiger partial charge in [0.1, 0.15) is 5.60 Å². The van der Waals surface area contributed by atoms with Gasteiger partial charge in [0.05, 0.1) is 6.54 Å². The van der Waals surface area contributed by atoms with E-state index in [0.29, 0.717) is 13.0 Å². The zero-order chi connectivity index (χ0) is 14.0. The standard InChI is InChI=1S/C13H19NO4/c1-6-10(15)13(17-5)7-8-14(9-13)11(16)18-12(2,3)4/h1H,7-9H2,2-5H3. The number of Topliss-reactive ketones (excluding diaryl/α,β-unsaturated/α-hetero) is 1. The molecule has 0 bridgehead atoms. The average molecular weight is 253 g/mol. The summed E-state index contributed by atoms with van der Waals surface area (Å²) in [4.78, 5) is 25.0. The molecule has 0 saturated carbocycles. The molecule has 1 saturated heterocycles. The summed E-state index contributed by atoms with van der Waals surface area (Å²) in [6.45, 7) is 5.91. The maximum absolute atomic E-state index is 11.9. The summed E-state index contributed by atoms with van der Waals surface area (Å²) in [5.74, 6) is 1.63. The van der Waals surface area contributed by atoms with Crippen molar-refractivity contribution in [2.75, 3.05) is 20.2 Å². The number of methoxy groups -OCH3 is 1. The second-order valence-electron chi connectivity index (χ2n) is 5.32. The maximum Gasteiger partial charge on any atom is 0.410 e. The van der Waals surface area contributed by atoms with Crippen LogP contribution in [0.4, 0.5) is 4.79 Å². The maximum atomic E-state index is 11.9. The highest BCUT2D eigenvalue weighted by Crippen LogP contribution is 2.27. The van der Waals surface area contributed by atoms with Crippen LogP contribution in [0.2, 0.25) is 0 Å². The number of rotatable bonds is 2. The molecule has 1 amide bonds. The Bertz CT molecular complexity index is 391. The van der Waals surface area contributed by atoms with Gasteiger partial charge in [-0.15, -0.1) is 6.42 Å². The van der Waals surface area contributed by atoms with Gasteiger partial charge in [-0.1, -0.05) is 0 Å². The zero-order valence-electron chi connectivity index (χ0n) is 11.3. The summed E-state index contributed by atoms with van der Waals surface area (Å²) < 4.78 is 10.5. The van der Waals surface area contributed by atoms with Gasteiger partial charge in [-0.3, -0.25) is 4.79 Å². The minimum atomic E-state index is -1.08. The van der Waals surface area contributed by atoms with Gasteiger partial charge in [0, 0.05) is 20.1 Å². The predicted molar refractivity (Wildman–Crippen MR) is 66.0 cm³/mol. The first-order chi connectivity index (χ1) is 8.24. The monoisotopic (exact) mass is 253 g/mol. The molecule has 1 aliphatic rings. The van der Waals surface area contributed by atoms with Crippen molar-refractivity contribution in [2.45, 2.75) is 38.4 Å². The topological polar surface area (TPSA) is 55.8 Å². The molecule has 0 aliphatic carbocycles. The van der Waals surface area contributed by atoms with Crippen LogP contribution in [0.5, 0.6) is 0 Å². The minimum absolute atomic E-state index is 0.140. The Morgan fingerprint density at radius 1 is 1.39 bits per heavy atom. The number of amides is 1. The third-order valence-electron chi connectivity index (χ3n) is 2.82. The van der Waals surface area contributed by atoms with Crippen molar-refractivity contribution < 1.29 is 19.1 Å². The Morgan fingerprint density at radius 3 is 2.44 bits per heavy atom. The Hall–Kier alpha value is -1.54.